The topological polar surface area (TPSA) is 83.2 Å². The SMILES string of the molecule is COC(C)Oc1nc(N)nc2ccc(Cl)nc12. The molecular weight excluding hydrogens is 244 g/mol. The molecule has 90 valence electrons. The van der Waals surface area contributed by atoms with Crippen LogP contribution in [0.1, 0.15) is 6.92 Å². The fourth-order valence-electron chi connectivity index (χ4n) is 1.27. The van der Waals surface area contributed by atoms with Crippen molar-refractivity contribution in [2.24, 2.45) is 0 Å². The average Bonchev–Trinajstić information content (AvgIpc) is 2.29. The lowest BCUT2D eigenvalue weighted by Gasteiger charge is -2.13. The molecule has 17 heavy (non-hydrogen) atoms. The predicted octanol–water partition coefficient (Wildman–Crippen LogP) is 1.63. The maximum Gasteiger partial charge on any atom is 0.247 e. The van der Waals surface area contributed by atoms with E-state index in [1.54, 1.807) is 19.1 Å². The number of halogens is 1. The summed E-state index contributed by atoms with van der Waals surface area (Å²) in [6, 6.07) is 3.33. The minimum absolute atomic E-state index is 0.111. The molecule has 1 unspecified atom stereocenters. The molecule has 0 bridgehead atoms. The molecule has 0 saturated carbocycles. The molecule has 0 aromatic carbocycles. The highest BCUT2D eigenvalue weighted by Crippen LogP contribution is 2.23. The number of methoxy groups -OCH3 is 1. The third-order valence-corrected chi connectivity index (χ3v) is 2.31. The highest BCUT2D eigenvalue weighted by Gasteiger charge is 2.12. The van der Waals surface area contributed by atoms with Crippen molar-refractivity contribution in [3.8, 4) is 5.88 Å². The molecule has 7 heteroatoms. The van der Waals surface area contributed by atoms with E-state index in [1.165, 1.54) is 7.11 Å². The van der Waals surface area contributed by atoms with Crippen LogP contribution < -0.4 is 10.5 Å². The first kappa shape index (κ1) is 11.8. The normalized spacial score (nSPS) is 12.6. The largest absolute Gasteiger partial charge is 0.446 e. The van der Waals surface area contributed by atoms with E-state index in [1.807, 2.05) is 0 Å². The third-order valence-electron chi connectivity index (χ3n) is 2.10. The van der Waals surface area contributed by atoms with Crippen molar-refractivity contribution >= 4 is 28.6 Å². The van der Waals surface area contributed by atoms with E-state index in [2.05, 4.69) is 15.0 Å². The number of aromatic nitrogens is 3. The van der Waals surface area contributed by atoms with Gasteiger partial charge in [-0.05, 0) is 19.1 Å². The molecule has 2 N–H and O–H groups in total. The number of nitrogen functional groups attached to an aromatic ring is 1. The maximum absolute atomic E-state index is 5.82. The Morgan fingerprint density at radius 3 is 2.76 bits per heavy atom. The molecule has 2 aromatic rings. The van der Waals surface area contributed by atoms with Crippen LogP contribution in [0.25, 0.3) is 11.0 Å². The summed E-state index contributed by atoms with van der Waals surface area (Å²) in [6.07, 6.45) is -0.465. The Labute approximate surface area is 103 Å². The molecule has 0 aliphatic heterocycles. The van der Waals surface area contributed by atoms with Gasteiger partial charge in [-0.1, -0.05) is 11.6 Å². The Hall–Kier alpha value is -1.66. The van der Waals surface area contributed by atoms with Crippen LogP contribution in [0.3, 0.4) is 0 Å². The first-order chi connectivity index (χ1) is 8.10. The van der Waals surface area contributed by atoms with Crippen LogP contribution in [0.5, 0.6) is 5.88 Å². The van der Waals surface area contributed by atoms with Crippen LogP contribution in [0, 0.1) is 0 Å². The lowest BCUT2D eigenvalue weighted by molar-refractivity contribution is -0.0400. The van der Waals surface area contributed by atoms with E-state index in [0.717, 1.165) is 0 Å². The van der Waals surface area contributed by atoms with Gasteiger partial charge < -0.3 is 15.2 Å². The molecule has 0 fully saturated rings. The monoisotopic (exact) mass is 254 g/mol. The van der Waals surface area contributed by atoms with Crippen LogP contribution in [0.15, 0.2) is 12.1 Å². The second-order valence-corrected chi connectivity index (χ2v) is 3.70. The second-order valence-electron chi connectivity index (χ2n) is 3.31. The van der Waals surface area contributed by atoms with Crippen molar-refractivity contribution in [3.63, 3.8) is 0 Å². The maximum atomic E-state index is 5.82. The zero-order chi connectivity index (χ0) is 12.4. The lowest BCUT2D eigenvalue weighted by atomic mass is 10.3. The molecule has 0 radical (unpaired) electrons. The summed E-state index contributed by atoms with van der Waals surface area (Å²) in [5.41, 5.74) is 6.60. The molecule has 0 aliphatic carbocycles. The molecule has 0 amide bonds. The highest BCUT2D eigenvalue weighted by atomic mass is 35.5. The van der Waals surface area contributed by atoms with Gasteiger partial charge in [-0.3, -0.25) is 0 Å². The number of fused-ring (bicyclic) bond motifs is 1. The summed E-state index contributed by atoms with van der Waals surface area (Å²) in [6.45, 7) is 1.73. The Morgan fingerprint density at radius 1 is 1.29 bits per heavy atom. The molecular formula is C10H11ClN4O2. The molecule has 2 heterocycles. The number of hydrogen-bond acceptors (Lipinski definition) is 6. The minimum Gasteiger partial charge on any atom is -0.446 e. The number of nitrogens with zero attached hydrogens (tertiary/aromatic N) is 3. The Bertz CT molecular complexity index is 549. The lowest BCUT2D eigenvalue weighted by Crippen LogP contribution is -2.15. The summed E-state index contributed by atoms with van der Waals surface area (Å²) < 4.78 is 10.4. The van der Waals surface area contributed by atoms with Crippen LogP contribution in [0.4, 0.5) is 5.95 Å². The van der Waals surface area contributed by atoms with Gasteiger partial charge in [0, 0.05) is 7.11 Å². The van der Waals surface area contributed by atoms with Crippen molar-refractivity contribution in [2.45, 2.75) is 13.2 Å². The number of nitrogens with two attached hydrogens (primary N) is 1. The number of rotatable bonds is 3. The summed E-state index contributed by atoms with van der Waals surface area (Å²) in [5.74, 6) is 0.365. The van der Waals surface area contributed by atoms with E-state index in [4.69, 9.17) is 26.8 Å². The second kappa shape index (κ2) is 4.68. The molecule has 2 aromatic heterocycles. The zero-order valence-corrected chi connectivity index (χ0v) is 10.1. The van der Waals surface area contributed by atoms with Gasteiger partial charge in [0.15, 0.2) is 11.8 Å². The molecule has 0 saturated heterocycles. The van der Waals surface area contributed by atoms with E-state index in [9.17, 15) is 0 Å². The summed E-state index contributed by atoms with van der Waals surface area (Å²) in [5, 5.41) is 0.334. The van der Waals surface area contributed by atoms with Gasteiger partial charge >= 0.3 is 0 Å². The van der Waals surface area contributed by atoms with E-state index >= 15 is 0 Å². The number of pyridine rings is 1. The predicted molar refractivity (Wildman–Crippen MR) is 63.9 cm³/mol. The fourth-order valence-corrected chi connectivity index (χ4v) is 1.42. The first-order valence-electron chi connectivity index (χ1n) is 4.89. The van der Waals surface area contributed by atoms with Crippen LogP contribution >= 0.6 is 11.6 Å². The van der Waals surface area contributed by atoms with Gasteiger partial charge in [-0.15, -0.1) is 0 Å². The van der Waals surface area contributed by atoms with Crippen molar-refractivity contribution in [2.75, 3.05) is 12.8 Å². The van der Waals surface area contributed by atoms with E-state index < -0.39 is 6.29 Å². The van der Waals surface area contributed by atoms with E-state index in [0.29, 0.717) is 16.2 Å². The van der Waals surface area contributed by atoms with Crippen LogP contribution in [-0.4, -0.2) is 28.4 Å². The smallest absolute Gasteiger partial charge is 0.247 e. The molecule has 1 atom stereocenters. The molecule has 6 nitrogen and oxygen atoms in total. The third kappa shape index (κ3) is 2.54. The standard InChI is InChI=1S/C10H11ClN4O2/c1-5(16-2)17-9-8-6(13-10(12)15-9)3-4-7(11)14-8/h3-5H,1-2H3,(H2,12,13,15). The van der Waals surface area contributed by atoms with Gasteiger partial charge in [0.2, 0.25) is 11.8 Å². The van der Waals surface area contributed by atoms with E-state index in [-0.39, 0.29) is 11.8 Å². The number of hydrogen-bond donors (Lipinski definition) is 1. The van der Waals surface area contributed by atoms with Crippen LogP contribution in [-0.2, 0) is 4.74 Å². The van der Waals surface area contributed by atoms with Gasteiger partial charge in [-0.25, -0.2) is 9.97 Å². The molecule has 0 aliphatic rings. The van der Waals surface area contributed by atoms with Gasteiger partial charge in [0.1, 0.15) is 5.15 Å². The minimum atomic E-state index is -0.465. The average molecular weight is 255 g/mol. The Balaban J connectivity index is 2.55. The van der Waals surface area contributed by atoms with Crippen LogP contribution in [0.2, 0.25) is 5.15 Å². The van der Waals surface area contributed by atoms with Crippen molar-refractivity contribution in [1.82, 2.24) is 15.0 Å². The Morgan fingerprint density at radius 2 is 2.06 bits per heavy atom. The highest BCUT2D eigenvalue weighted by molar-refractivity contribution is 6.29. The molecule has 2 rings (SSSR count). The number of anilines is 1. The Kier molecular flexibility index (Phi) is 3.26. The van der Waals surface area contributed by atoms with Crippen molar-refractivity contribution in [3.05, 3.63) is 17.3 Å². The fraction of sp³-hybridized carbons (Fsp3) is 0.300. The van der Waals surface area contributed by atoms with Gasteiger partial charge in [0.05, 0.1) is 5.52 Å². The quantitative estimate of drug-likeness (QED) is 0.662. The number of ether oxygens (including phenoxy) is 2. The molecule has 0 spiro atoms. The van der Waals surface area contributed by atoms with Crippen molar-refractivity contribution < 1.29 is 9.47 Å². The summed E-state index contributed by atoms with van der Waals surface area (Å²) in [4.78, 5) is 12.1. The van der Waals surface area contributed by atoms with Gasteiger partial charge in [-0.2, -0.15) is 4.98 Å². The summed E-state index contributed by atoms with van der Waals surface area (Å²) >= 11 is 5.82. The zero-order valence-electron chi connectivity index (χ0n) is 9.35. The summed E-state index contributed by atoms with van der Waals surface area (Å²) in [7, 11) is 1.53. The van der Waals surface area contributed by atoms with Gasteiger partial charge in [0.25, 0.3) is 0 Å². The first-order valence-corrected chi connectivity index (χ1v) is 5.27. The van der Waals surface area contributed by atoms with Crippen molar-refractivity contribution in [1.29, 1.82) is 0 Å².